The van der Waals surface area contributed by atoms with Gasteiger partial charge in [-0.1, -0.05) is 30.7 Å². The Labute approximate surface area is 133 Å². The molecule has 2 aromatic rings. The zero-order valence-electron chi connectivity index (χ0n) is 12.6. The standard InChI is InChI=1S/C17H16ClNO3/c1-4-11-15-14(22-17(11)21)8-13(19(15)3)16(20)10-6-5-9(2)12(18)7-10/h5-8,11H,4H2,1-3H3. The van der Waals surface area contributed by atoms with Crippen LogP contribution in [0, 0.1) is 6.92 Å². The molecule has 5 heteroatoms. The molecule has 0 fully saturated rings. The first-order valence-corrected chi connectivity index (χ1v) is 7.54. The molecule has 114 valence electrons. The number of hydrogen-bond donors (Lipinski definition) is 0. The molecule has 1 aliphatic heterocycles. The van der Waals surface area contributed by atoms with E-state index in [-0.39, 0.29) is 17.7 Å². The summed E-state index contributed by atoms with van der Waals surface area (Å²) in [5.74, 6) is -0.200. The topological polar surface area (TPSA) is 48.3 Å². The predicted octanol–water partition coefficient (Wildman–Crippen LogP) is 3.63. The van der Waals surface area contributed by atoms with Crippen molar-refractivity contribution in [1.29, 1.82) is 0 Å². The van der Waals surface area contributed by atoms with Gasteiger partial charge in [0.1, 0.15) is 5.92 Å². The highest BCUT2D eigenvalue weighted by Gasteiger charge is 2.36. The van der Waals surface area contributed by atoms with Crippen LogP contribution in [0.15, 0.2) is 24.3 Å². The largest absolute Gasteiger partial charge is 0.424 e. The minimum atomic E-state index is -0.303. The van der Waals surface area contributed by atoms with Crippen LogP contribution in [0.1, 0.15) is 46.6 Å². The van der Waals surface area contributed by atoms with Crippen molar-refractivity contribution in [2.24, 2.45) is 7.05 Å². The van der Waals surface area contributed by atoms with E-state index < -0.39 is 0 Å². The molecule has 3 rings (SSSR count). The highest BCUT2D eigenvalue weighted by molar-refractivity contribution is 6.31. The minimum Gasteiger partial charge on any atom is -0.424 e. The maximum Gasteiger partial charge on any atom is 0.320 e. The van der Waals surface area contributed by atoms with E-state index in [2.05, 4.69) is 0 Å². The molecule has 4 nitrogen and oxygen atoms in total. The van der Waals surface area contributed by atoms with Gasteiger partial charge < -0.3 is 9.30 Å². The molecule has 0 aliphatic carbocycles. The Bertz CT molecular complexity index is 791. The molecule has 0 N–H and O–H groups in total. The van der Waals surface area contributed by atoms with Gasteiger partial charge in [-0.2, -0.15) is 0 Å². The van der Waals surface area contributed by atoms with E-state index in [1.165, 1.54) is 0 Å². The third kappa shape index (κ3) is 2.15. The Balaban J connectivity index is 2.03. The second kappa shape index (κ2) is 5.29. The molecular formula is C17H16ClNO3. The molecule has 2 heterocycles. The van der Waals surface area contributed by atoms with Gasteiger partial charge in [-0.15, -0.1) is 0 Å². The number of esters is 1. The van der Waals surface area contributed by atoms with E-state index in [1.807, 2.05) is 19.9 Å². The van der Waals surface area contributed by atoms with E-state index in [0.717, 1.165) is 11.3 Å². The van der Waals surface area contributed by atoms with Crippen LogP contribution < -0.4 is 4.74 Å². The molecular weight excluding hydrogens is 302 g/mol. The van der Waals surface area contributed by atoms with Crippen molar-refractivity contribution in [1.82, 2.24) is 4.57 Å². The van der Waals surface area contributed by atoms with Gasteiger partial charge in [0.05, 0.1) is 11.4 Å². The zero-order valence-corrected chi connectivity index (χ0v) is 13.4. The van der Waals surface area contributed by atoms with Gasteiger partial charge in [0.25, 0.3) is 0 Å². The molecule has 1 aromatic heterocycles. The monoisotopic (exact) mass is 317 g/mol. The van der Waals surface area contributed by atoms with E-state index in [9.17, 15) is 9.59 Å². The number of rotatable bonds is 3. The Kier molecular flexibility index (Phi) is 3.57. The molecule has 0 saturated heterocycles. The van der Waals surface area contributed by atoms with E-state index in [1.54, 1.807) is 29.8 Å². The van der Waals surface area contributed by atoms with Gasteiger partial charge in [-0.05, 0) is 25.0 Å². The summed E-state index contributed by atoms with van der Waals surface area (Å²) < 4.78 is 7.02. The normalized spacial score (nSPS) is 16.5. The number of benzene rings is 1. The average molecular weight is 318 g/mol. The first-order valence-electron chi connectivity index (χ1n) is 7.16. The fraction of sp³-hybridized carbons (Fsp3) is 0.294. The third-order valence-corrected chi connectivity index (χ3v) is 4.55. The smallest absolute Gasteiger partial charge is 0.320 e. The van der Waals surface area contributed by atoms with Crippen LogP contribution in [0.5, 0.6) is 5.75 Å². The molecule has 0 amide bonds. The first kappa shape index (κ1) is 14.9. The lowest BCUT2D eigenvalue weighted by molar-refractivity contribution is -0.134. The molecule has 0 bridgehead atoms. The van der Waals surface area contributed by atoms with Crippen molar-refractivity contribution in [3.05, 3.63) is 51.8 Å². The predicted molar refractivity (Wildman–Crippen MR) is 83.7 cm³/mol. The van der Waals surface area contributed by atoms with Gasteiger partial charge in [-0.3, -0.25) is 9.59 Å². The van der Waals surface area contributed by atoms with E-state index in [0.29, 0.717) is 28.5 Å². The SMILES string of the molecule is CCC1C(=O)Oc2cc(C(=O)c3ccc(C)c(Cl)c3)n(C)c21. The Morgan fingerprint density at radius 3 is 2.73 bits per heavy atom. The number of aryl methyl sites for hydroxylation is 1. The number of nitrogens with zero attached hydrogens (tertiary/aromatic N) is 1. The fourth-order valence-corrected chi connectivity index (χ4v) is 3.01. The van der Waals surface area contributed by atoms with Gasteiger partial charge in [0.15, 0.2) is 5.75 Å². The van der Waals surface area contributed by atoms with Crippen LogP contribution in [0.3, 0.4) is 0 Å². The van der Waals surface area contributed by atoms with Crippen molar-refractivity contribution in [2.45, 2.75) is 26.2 Å². The van der Waals surface area contributed by atoms with E-state index in [4.69, 9.17) is 16.3 Å². The third-order valence-electron chi connectivity index (χ3n) is 4.14. The maximum atomic E-state index is 12.7. The Morgan fingerprint density at radius 2 is 2.09 bits per heavy atom. The lowest BCUT2D eigenvalue weighted by atomic mass is 10.0. The summed E-state index contributed by atoms with van der Waals surface area (Å²) in [4.78, 5) is 24.5. The summed E-state index contributed by atoms with van der Waals surface area (Å²) in [6, 6.07) is 6.88. The molecule has 0 spiro atoms. The summed E-state index contributed by atoms with van der Waals surface area (Å²) in [6.07, 6.45) is 0.647. The highest BCUT2D eigenvalue weighted by atomic mass is 35.5. The lowest BCUT2D eigenvalue weighted by Gasteiger charge is -2.10. The Hall–Kier alpha value is -2.07. The van der Waals surface area contributed by atoms with Crippen LogP contribution in [0.4, 0.5) is 0 Å². The number of fused-ring (bicyclic) bond motifs is 1. The molecule has 1 atom stereocenters. The van der Waals surface area contributed by atoms with Gasteiger partial charge in [-0.25, -0.2) is 0 Å². The first-order chi connectivity index (χ1) is 10.4. The van der Waals surface area contributed by atoms with Crippen molar-refractivity contribution >= 4 is 23.4 Å². The molecule has 0 saturated carbocycles. The van der Waals surface area contributed by atoms with Gasteiger partial charge in [0.2, 0.25) is 5.78 Å². The van der Waals surface area contributed by atoms with Crippen LogP contribution in [-0.2, 0) is 11.8 Å². The van der Waals surface area contributed by atoms with Crippen LogP contribution >= 0.6 is 11.6 Å². The second-order valence-corrected chi connectivity index (χ2v) is 5.92. The zero-order chi connectivity index (χ0) is 16.0. The summed E-state index contributed by atoms with van der Waals surface area (Å²) in [5, 5.41) is 0.561. The van der Waals surface area contributed by atoms with E-state index >= 15 is 0 Å². The second-order valence-electron chi connectivity index (χ2n) is 5.51. The molecule has 1 unspecified atom stereocenters. The van der Waals surface area contributed by atoms with Crippen LogP contribution in [0.25, 0.3) is 0 Å². The van der Waals surface area contributed by atoms with Crippen molar-refractivity contribution in [3.8, 4) is 5.75 Å². The summed E-state index contributed by atoms with van der Waals surface area (Å²) in [7, 11) is 1.78. The number of ether oxygens (including phenoxy) is 1. The van der Waals surface area contributed by atoms with Crippen molar-refractivity contribution < 1.29 is 14.3 Å². The maximum absolute atomic E-state index is 12.7. The van der Waals surface area contributed by atoms with Crippen LogP contribution in [0.2, 0.25) is 5.02 Å². The van der Waals surface area contributed by atoms with Crippen LogP contribution in [-0.4, -0.2) is 16.3 Å². The fourth-order valence-electron chi connectivity index (χ4n) is 2.83. The van der Waals surface area contributed by atoms with Gasteiger partial charge >= 0.3 is 5.97 Å². The summed E-state index contributed by atoms with van der Waals surface area (Å²) in [6.45, 7) is 3.81. The Morgan fingerprint density at radius 1 is 1.36 bits per heavy atom. The number of aromatic nitrogens is 1. The number of hydrogen-bond acceptors (Lipinski definition) is 3. The number of carbonyl (C=O) groups excluding carboxylic acids is 2. The summed E-state index contributed by atoms with van der Waals surface area (Å²) >= 11 is 6.10. The molecule has 1 aliphatic rings. The lowest BCUT2D eigenvalue weighted by Crippen LogP contribution is -2.15. The minimum absolute atomic E-state index is 0.135. The summed E-state index contributed by atoms with van der Waals surface area (Å²) in [5.41, 5.74) is 2.71. The quantitative estimate of drug-likeness (QED) is 0.641. The highest BCUT2D eigenvalue weighted by Crippen LogP contribution is 2.39. The molecule has 22 heavy (non-hydrogen) atoms. The number of carbonyl (C=O) groups is 2. The molecule has 1 aromatic carbocycles. The number of halogens is 1. The average Bonchev–Trinajstić information content (AvgIpc) is 2.96. The van der Waals surface area contributed by atoms with Gasteiger partial charge in [0, 0.05) is 23.7 Å². The molecule has 0 radical (unpaired) electrons. The van der Waals surface area contributed by atoms with Crippen molar-refractivity contribution in [2.75, 3.05) is 0 Å². The van der Waals surface area contributed by atoms with Crippen molar-refractivity contribution in [3.63, 3.8) is 0 Å². The number of ketones is 1.